The highest BCUT2D eigenvalue weighted by atomic mass is 32.1. The highest BCUT2D eigenvalue weighted by Crippen LogP contribution is 2.34. The Labute approximate surface area is 157 Å². The van der Waals surface area contributed by atoms with Gasteiger partial charge in [0.25, 0.3) is 5.91 Å². The third-order valence-corrected chi connectivity index (χ3v) is 6.00. The summed E-state index contributed by atoms with van der Waals surface area (Å²) in [6, 6.07) is 11.7. The Kier molecular flexibility index (Phi) is 4.93. The van der Waals surface area contributed by atoms with E-state index in [2.05, 4.69) is 11.4 Å². The number of rotatable bonds is 5. The standard InChI is InChI=1S/C20H22N2O3S/c23-19-6-2-11-21(19)15-7-9-16(10-8-15)25-14-20(24)22-12-1-4-17(22)18-5-3-13-26-18/h3,5,7-10,13,17H,1-2,4,6,11-12,14H2. The minimum Gasteiger partial charge on any atom is -0.484 e. The van der Waals surface area contributed by atoms with Crippen molar-refractivity contribution in [1.82, 2.24) is 4.90 Å². The lowest BCUT2D eigenvalue weighted by atomic mass is 10.2. The zero-order chi connectivity index (χ0) is 17.9. The minimum atomic E-state index is 0.0275. The molecule has 1 aromatic heterocycles. The average Bonchev–Trinajstić information content (AvgIpc) is 3.40. The van der Waals surface area contributed by atoms with Crippen LogP contribution in [0.15, 0.2) is 41.8 Å². The molecule has 0 N–H and O–H groups in total. The molecule has 2 fully saturated rings. The topological polar surface area (TPSA) is 49.9 Å². The molecular formula is C20H22N2O3S. The van der Waals surface area contributed by atoms with Crippen molar-refractivity contribution in [2.24, 2.45) is 0 Å². The van der Waals surface area contributed by atoms with E-state index in [0.29, 0.717) is 12.2 Å². The van der Waals surface area contributed by atoms with Crippen LogP contribution in [0, 0.1) is 0 Å². The number of carbonyl (C=O) groups is 2. The summed E-state index contributed by atoms with van der Waals surface area (Å²) in [5.74, 6) is 0.850. The van der Waals surface area contributed by atoms with Gasteiger partial charge in [0.15, 0.2) is 6.61 Å². The van der Waals surface area contributed by atoms with Gasteiger partial charge in [-0.3, -0.25) is 9.59 Å². The van der Waals surface area contributed by atoms with Crippen molar-refractivity contribution in [2.75, 3.05) is 24.6 Å². The monoisotopic (exact) mass is 370 g/mol. The molecule has 0 bridgehead atoms. The maximum atomic E-state index is 12.6. The summed E-state index contributed by atoms with van der Waals surface area (Å²) < 4.78 is 5.70. The van der Waals surface area contributed by atoms with Crippen LogP contribution in [0.2, 0.25) is 0 Å². The van der Waals surface area contributed by atoms with Gasteiger partial charge in [-0.1, -0.05) is 6.07 Å². The van der Waals surface area contributed by atoms with E-state index in [9.17, 15) is 9.59 Å². The molecule has 1 unspecified atom stereocenters. The first-order chi connectivity index (χ1) is 12.7. The van der Waals surface area contributed by atoms with E-state index in [1.165, 1.54) is 4.88 Å². The van der Waals surface area contributed by atoms with Gasteiger partial charge in [-0.15, -0.1) is 11.3 Å². The average molecular weight is 370 g/mol. The molecule has 0 spiro atoms. The Balaban J connectivity index is 1.35. The van der Waals surface area contributed by atoms with Crippen LogP contribution in [0.3, 0.4) is 0 Å². The van der Waals surface area contributed by atoms with Crippen LogP contribution in [0.5, 0.6) is 5.75 Å². The van der Waals surface area contributed by atoms with Gasteiger partial charge in [0.05, 0.1) is 6.04 Å². The molecule has 2 aliphatic rings. The Morgan fingerprint density at radius 1 is 1.15 bits per heavy atom. The number of hydrogen-bond acceptors (Lipinski definition) is 4. The zero-order valence-electron chi connectivity index (χ0n) is 14.6. The minimum absolute atomic E-state index is 0.0275. The van der Waals surface area contributed by atoms with Crippen LogP contribution in [0.4, 0.5) is 5.69 Å². The molecule has 2 aliphatic heterocycles. The lowest BCUT2D eigenvalue weighted by Gasteiger charge is -2.24. The van der Waals surface area contributed by atoms with Gasteiger partial charge in [-0.05, 0) is 55.0 Å². The summed E-state index contributed by atoms with van der Waals surface area (Å²) in [6.45, 7) is 1.61. The number of likely N-dealkylation sites (tertiary alicyclic amines) is 1. The molecule has 6 heteroatoms. The molecule has 0 aliphatic carbocycles. The number of nitrogens with zero attached hydrogens (tertiary/aromatic N) is 2. The third-order valence-electron chi connectivity index (χ3n) is 5.03. The van der Waals surface area contributed by atoms with Gasteiger partial charge in [-0.2, -0.15) is 0 Å². The highest BCUT2D eigenvalue weighted by molar-refractivity contribution is 7.10. The molecule has 0 radical (unpaired) electrons. The summed E-state index contributed by atoms with van der Waals surface area (Å²) in [7, 11) is 0. The second kappa shape index (κ2) is 7.50. The van der Waals surface area contributed by atoms with Crippen LogP contribution in [0.1, 0.15) is 36.6 Å². The SMILES string of the molecule is O=C1CCCN1c1ccc(OCC(=O)N2CCCC2c2cccs2)cc1. The molecule has 0 saturated carbocycles. The second-order valence-electron chi connectivity index (χ2n) is 6.69. The van der Waals surface area contributed by atoms with Crippen LogP contribution in [0.25, 0.3) is 0 Å². The van der Waals surface area contributed by atoms with Crippen molar-refractivity contribution in [1.29, 1.82) is 0 Å². The molecule has 1 aromatic carbocycles. The van der Waals surface area contributed by atoms with Gasteiger partial charge >= 0.3 is 0 Å². The van der Waals surface area contributed by atoms with Crippen LogP contribution in [-0.2, 0) is 9.59 Å². The van der Waals surface area contributed by atoms with E-state index < -0.39 is 0 Å². The molecule has 4 rings (SSSR count). The van der Waals surface area contributed by atoms with E-state index in [1.54, 1.807) is 16.2 Å². The Morgan fingerprint density at radius 2 is 2.00 bits per heavy atom. The van der Waals surface area contributed by atoms with Crippen LogP contribution < -0.4 is 9.64 Å². The summed E-state index contributed by atoms with van der Waals surface area (Å²) in [4.78, 5) is 29.4. The van der Waals surface area contributed by atoms with Gasteiger partial charge in [0.2, 0.25) is 5.91 Å². The normalized spacial score (nSPS) is 20.0. The first kappa shape index (κ1) is 17.1. The molecule has 3 heterocycles. The molecule has 2 saturated heterocycles. The largest absolute Gasteiger partial charge is 0.484 e. The van der Waals surface area contributed by atoms with Gasteiger partial charge < -0.3 is 14.5 Å². The molecule has 2 aromatic rings. The van der Waals surface area contributed by atoms with Crippen molar-refractivity contribution in [3.8, 4) is 5.75 Å². The number of benzene rings is 1. The van der Waals surface area contributed by atoms with Gasteiger partial charge in [0.1, 0.15) is 5.75 Å². The fraction of sp³-hybridized carbons (Fsp3) is 0.400. The Bertz CT molecular complexity index is 773. The quantitative estimate of drug-likeness (QED) is 0.808. The Hall–Kier alpha value is -2.34. The van der Waals surface area contributed by atoms with Crippen molar-refractivity contribution >= 4 is 28.8 Å². The van der Waals surface area contributed by atoms with Gasteiger partial charge in [0, 0.05) is 30.1 Å². The maximum absolute atomic E-state index is 12.6. The smallest absolute Gasteiger partial charge is 0.261 e. The first-order valence-corrected chi connectivity index (χ1v) is 9.96. The van der Waals surface area contributed by atoms with E-state index in [0.717, 1.165) is 38.0 Å². The fourth-order valence-corrected chi connectivity index (χ4v) is 4.59. The number of carbonyl (C=O) groups excluding carboxylic acids is 2. The van der Waals surface area contributed by atoms with E-state index >= 15 is 0 Å². The molecule has 2 amide bonds. The lowest BCUT2D eigenvalue weighted by Crippen LogP contribution is -2.34. The van der Waals surface area contributed by atoms with E-state index in [-0.39, 0.29) is 24.5 Å². The molecule has 5 nitrogen and oxygen atoms in total. The zero-order valence-corrected chi connectivity index (χ0v) is 15.4. The first-order valence-electron chi connectivity index (χ1n) is 9.08. The molecule has 136 valence electrons. The maximum Gasteiger partial charge on any atom is 0.261 e. The predicted molar refractivity (Wildman–Crippen MR) is 102 cm³/mol. The molecule has 26 heavy (non-hydrogen) atoms. The molecular weight excluding hydrogens is 348 g/mol. The summed E-state index contributed by atoms with van der Waals surface area (Å²) in [5, 5.41) is 2.06. The number of hydrogen-bond donors (Lipinski definition) is 0. The van der Waals surface area contributed by atoms with E-state index in [1.807, 2.05) is 35.2 Å². The van der Waals surface area contributed by atoms with Crippen molar-refractivity contribution in [3.63, 3.8) is 0 Å². The highest BCUT2D eigenvalue weighted by Gasteiger charge is 2.30. The van der Waals surface area contributed by atoms with Crippen molar-refractivity contribution in [2.45, 2.75) is 31.7 Å². The summed E-state index contributed by atoms with van der Waals surface area (Å²) >= 11 is 1.70. The number of ether oxygens (including phenoxy) is 1. The predicted octanol–water partition coefficient (Wildman–Crippen LogP) is 3.62. The van der Waals surface area contributed by atoms with Crippen molar-refractivity contribution in [3.05, 3.63) is 46.7 Å². The number of amides is 2. The third kappa shape index (κ3) is 3.46. The molecule has 1 atom stereocenters. The fourth-order valence-electron chi connectivity index (χ4n) is 3.71. The van der Waals surface area contributed by atoms with Crippen LogP contribution in [-0.4, -0.2) is 36.4 Å². The second-order valence-corrected chi connectivity index (χ2v) is 7.67. The summed E-state index contributed by atoms with van der Waals surface area (Å²) in [6.07, 6.45) is 3.58. The van der Waals surface area contributed by atoms with Crippen molar-refractivity contribution < 1.29 is 14.3 Å². The Morgan fingerprint density at radius 3 is 2.69 bits per heavy atom. The number of anilines is 1. The lowest BCUT2D eigenvalue weighted by molar-refractivity contribution is -0.134. The van der Waals surface area contributed by atoms with Gasteiger partial charge in [-0.25, -0.2) is 0 Å². The summed E-state index contributed by atoms with van der Waals surface area (Å²) in [5.41, 5.74) is 0.892. The van der Waals surface area contributed by atoms with E-state index in [4.69, 9.17) is 4.74 Å². The number of thiophene rings is 1. The van der Waals surface area contributed by atoms with Crippen LogP contribution >= 0.6 is 11.3 Å².